The Bertz CT molecular complexity index is 509. The number of benzene rings is 1. The highest BCUT2D eigenvalue weighted by atomic mass is 16.5. The largest absolute Gasteiger partial charge is 0.333 e. The maximum Gasteiger partial charge on any atom is 0.322 e. The minimum absolute atomic E-state index is 0.0874. The SMILES string of the molecule is CCc1ccc(-c2noc(NC(C)(C)C)n2)cc1. The third-order valence-corrected chi connectivity index (χ3v) is 2.53. The molecule has 1 heterocycles. The van der Waals surface area contributed by atoms with Crippen molar-refractivity contribution in [3.63, 3.8) is 0 Å². The Morgan fingerprint density at radius 3 is 2.39 bits per heavy atom. The van der Waals surface area contributed by atoms with Crippen LogP contribution in [0.15, 0.2) is 28.8 Å². The van der Waals surface area contributed by atoms with E-state index in [0.29, 0.717) is 11.8 Å². The van der Waals surface area contributed by atoms with Crippen molar-refractivity contribution in [1.82, 2.24) is 10.1 Å². The number of anilines is 1. The molecule has 4 nitrogen and oxygen atoms in total. The van der Waals surface area contributed by atoms with E-state index in [1.807, 2.05) is 32.9 Å². The van der Waals surface area contributed by atoms with Gasteiger partial charge in [-0.25, -0.2) is 0 Å². The summed E-state index contributed by atoms with van der Waals surface area (Å²) in [6, 6.07) is 8.66. The number of rotatable bonds is 3. The highest BCUT2D eigenvalue weighted by molar-refractivity contribution is 5.56. The van der Waals surface area contributed by atoms with Crippen molar-refractivity contribution >= 4 is 6.01 Å². The molecule has 0 spiro atoms. The minimum atomic E-state index is -0.0874. The summed E-state index contributed by atoms with van der Waals surface area (Å²) in [5.41, 5.74) is 2.18. The smallest absolute Gasteiger partial charge is 0.322 e. The fourth-order valence-electron chi connectivity index (χ4n) is 1.60. The van der Waals surface area contributed by atoms with Gasteiger partial charge in [0, 0.05) is 11.1 Å². The Kier molecular flexibility index (Phi) is 3.36. The zero-order valence-electron chi connectivity index (χ0n) is 11.3. The number of hydrogen-bond acceptors (Lipinski definition) is 4. The summed E-state index contributed by atoms with van der Waals surface area (Å²) in [4.78, 5) is 4.33. The molecule has 0 aliphatic heterocycles. The van der Waals surface area contributed by atoms with Crippen LogP contribution in [-0.4, -0.2) is 15.7 Å². The normalized spacial score (nSPS) is 11.6. The number of nitrogens with zero attached hydrogens (tertiary/aromatic N) is 2. The molecule has 0 saturated heterocycles. The van der Waals surface area contributed by atoms with E-state index in [-0.39, 0.29) is 5.54 Å². The Morgan fingerprint density at radius 2 is 1.83 bits per heavy atom. The maximum absolute atomic E-state index is 5.18. The van der Waals surface area contributed by atoms with Crippen molar-refractivity contribution in [3.8, 4) is 11.4 Å². The first-order chi connectivity index (χ1) is 8.48. The van der Waals surface area contributed by atoms with Crippen LogP contribution in [0.5, 0.6) is 0 Å². The van der Waals surface area contributed by atoms with Crippen LogP contribution in [0.25, 0.3) is 11.4 Å². The van der Waals surface area contributed by atoms with Crippen molar-refractivity contribution in [2.24, 2.45) is 0 Å². The van der Waals surface area contributed by atoms with Crippen LogP contribution in [-0.2, 0) is 6.42 Å². The Morgan fingerprint density at radius 1 is 1.17 bits per heavy atom. The number of aromatic nitrogens is 2. The van der Waals surface area contributed by atoms with Gasteiger partial charge in [0.05, 0.1) is 0 Å². The van der Waals surface area contributed by atoms with E-state index >= 15 is 0 Å². The fraction of sp³-hybridized carbons (Fsp3) is 0.429. The zero-order valence-corrected chi connectivity index (χ0v) is 11.3. The van der Waals surface area contributed by atoms with E-state index in [4.69, 9.17) is 4.52 Å². The van der Waals surface area contributed by atoms with Crippen LogP contribution >= 0.6 is 0 Å². The van der Waals surface area contributed by atoms with Crippen LogP contribution in [0.1, 0.15) is 33.3 Å². The predicted octanol–water partition coefficient (Wildman–Crippen LogP) is 3.51. The molecule has 0 bridgehead atoms. The summed E-state index contributed by atoms with van der Waals surface area (Å²) in [7, 11) is 0. The topological polar surface area (TPSA) is 51.0 Å². The van der Waals surface area contributed by atoms with Crippen molar-refractivity contribution in [2.45, 2.75) is 39.7 Å². The number of hydrogen-bond donors (Lipinski definition) is 1. The van der Waals surface area contributed by atoms with Gasteiger partial charge < -0.3 is 9.84 Å². The van der Waals surface area contributed by atoms with Gasteiger partial charge in [-0.15, -0.1) is 0 Å². The monoisotopic (exact) mass is 245 g/mol. The summed E-state index contributed by atoms with van der Waals surface area (Å²) >= 11 is 0. The standard InChI is InChI=1S/C14H19N3O/c1-5-10-6-8-11(9-7-10)12-15-13(18-17-12)16-14(2,3)4/h6-9H,5H2,1-4H3,(H,15,16,17). The van der Waals surface area contributed by atoms with Crippen molar-refractivity contribution < 1.29 is 4.52 Å². The van der Waals surface area contributed by atoms with Crippen LogP contribution in [0.3, 0.4) is 0 Å². The molecule has 0 unspecified atom stereocenters. The fourth-order valence-corrected chi connectivity index (χ4v) is 1.60. The van der Waals surface area contributed by atoms with E-state index in [0.717, 1.165) is 12.0 Å². The predicted molar refractivity (Wildman–Crippen MR) is 72.5 cm³/mol. The molecule has 4 heteroatoms. The average molecular weight is 245 g/mol. The molecule has 0 aliphatic rings. The number of nitrogens with one attached hydrogen (secondary N) is 1. The van der Waals surface area contributed by atoms with Crippen LogP contribution in [0, 0.1) is 0 Å². The average Bonchev–Trinajstić information content (AvgIpc) is 2.75. The van der Waals surface area contributed by atoms with Gasteiger partial charge in [0.25, 0.3) is 0 Å². The molecule has 1 aromatic carbocycles. The molecule has 2 aromatic rings. The lowest BCUT2D eigenvalue weighted by atomic mass is 10.1. The lowest BCUT2D eigenvalue weighted by Gasteiger charge is -2.17. The second kappa shape index (κ2) is 4.80. The summed E-state index contributed by atoms with van der Waals surface area (Å²) in [5, 5.41) is 7.13. The molecule has 2 rings (SSSR count). The van der Waals surface area contributed by atoms with Crippen molar-refractivity contribution in [1.29, 1.82) is 0 Å². The second-order valence-electron chi connectivity index (χ2n) is 5.35. The van der Waals surface area contributed by atoms with Gasteiger partial charge in [-0.3, -0.25) is 0 Å². The molecule has 18 heavy (non-hydrogen) atoms. The van der Waals surface area contributed by atoms with Crippen LogP contribution in [0.2, 0.25) is 0 Å². The Balaban J connectivity index is 2.18. The first kappa shape index (κ1) is 12.6. The van der Waals surface area contributed by atoms with Crippen LogP contribution in [0.4, 0.5) is 6.01 Å². The molecule has 0 fully saturated rings. The summed E-state index contributed by atoms with van der Waals surface area (Å²) < 4.78 is 5.18. The highest BCUT2D eigenvalue weighted by Gasteiger charge is 2.15. The molecule has 1 N–H and O–H groups in total. The molecule has 0 amide bonds. The van der Waals surface area contributed by atoms with Gasteiger partial charge in [0.1, 0.15) is 0 Å². The zero-order chi connectivity index (χ0) is 13.2. The quantitative estimate of drug-likeness (QED) is 0.899. The molecule has 0 saturated carbocycles. The van der Waals surface area contributed by atoms with E-state index in [1.165, 1.54) is 5.56 Å². The van der Waals surface area contributed by atoms with E-state index in [1.54, 1.807) is 0 Å². The molecule has 96 valence electrons. The van der Waals surface area contributed by atoms with E-state index in [2.05, 4.69) is 34.5 Å². The van der Waals surface area contributed by atoms with Gasteiger partial charge in [-0.2, -0.15) is 4.98 Å². The lowest BCUT2D eigenvalue weighted by Crippen LogP contribution is -2.26. The Labute approximate surface area is 107 Å². The van der Waals surface area contributed by atoms with Crippen molar-refractivity contribution in [3.05, 3.63) is 29.8 Å². The molecule has 0 radical (unpaired) electrons. The molecule has 1 aromatic heterocycles. The highest BCUT2D eigenvalue weighted by Crippen LogP contribution is 2.20. The van der Waals surface area contributed by atoms with E-state index < -0.39 is 0 Å². The lowest BCUT2D eigenvalue weighted by molar-refractivity contribution is 0.420. The van der Waals surface area contributed by atoms with Gasteiger partial charge in [0.15, 0.2) is 0 Å². The summed E-state index contributed by atoms with van der Waals surface area (Å²) in [6.45, 7) is 8.28. The third kappa shape index (κ3) is 3.09. The van der Waals surface area contributed by atoms with Gasteiger partial charge >= 0.3 is 6.01 Å². The van der Waals surface area contributed by atoms with E-state index in [9.17, 15) is 0 Å². The Hall–Kier alpha value is -1.84. The maximum atomic E-state index is 5.18. The number of aryl methyl sites for hydroxylation is 1. The molecular formula is C14H19N3O. The second-order valence-corrected chi connectivity index (χ2v) is 5.35. The first-order valence-corrected chi connectivity index (χ1v) is 6.19. The summed E-state index contributed by atoms with van der Waals surface area (Å²) in [6.07, 6.45) is 1.03. The summed E-state index contributed by atoms with van der Waals surface area (Å²) in [5.74, 6) is 0.615. The molecule has 0 aliphatic carbocycles. The van der Waals surface area contributed by atoms with Crippen molar-refractivity contribution in [2.75, 3.05) is 5.32 Å². The van der Waals surface area contributed by atoms with Gasteiger partial charge in [-0.1, -0.05) is 36.3 Å². The van der Waals surface area contributed by atoms with Gasteiger partial charge in [0.2, 0.25) is 5.82 Å². The third-order valence-electron chi connectivity index (χ3n) is 2.53. The van der Waals surface area contributed by atoms with Crippen LogP contribution < -0.4 is 5.32 Å². The minimum Gasteiger partial charge on any atom is -0.333 e. The van der Waals surface area contributed by atoms with Gasteiger partial charge in [-0.05, 0) is 32.8 Å². The first-order valence-electron chi connectivity index (χ1n) is 6.19. The molecular weight excluding hydrogens is 226 g/mol. The molecule has 0 atom stereocenters.